The van der Waals surface area contributed by atoms with Crippen LogP contribution in [0.4, 0.5) is 5.69 Å². The summed E-state index contributed by atoms with van der Waals surface area (Å²) in [5, 5.41) is 2.87. The maximum Gasteiger partial charge on any atom is 0.253 e. The maximum absolute atomic E-state index is 12.3. The molecule has 6 nitrogen and oxygen atoms in total. The van der Waals surface area contributed by atoms with E-state index in [-0.39, 0.29) is 24.5 Å². The van der Waals surface area contributed by atoms with Crippen LogP contribution in [-0.2, 0) is 9.53 Å². The molecule has 0 radical (unpaired) electrons. The van der Waals surface area contributed by atoms with Crippen LogP contribution in [0.1, 0.15) is 10.4 Å². The van der Waals surface area contributed by atoms with E-state index in [4.69, 9.17) is 4.74 Å². The van der Waals surface area contributed by atoms with Crippen molar-refractivity contribution < 1.29 is 14.3 Å². The van der Waals surface area contributed by atoms with E-state index in [1.54, 1.807) is 18.0 Å². The lowest BCUT2D eigenvalue weighted by Gasteiger charge is -2.30. The van der Waals surface area contributed by atoms with E-state index in [9.17, 15) is 9.59 Å². The highest BCUT2D eigenvalue weighted by molar-refractivity contribution is 5.99. The fraction of sp³-hybridized carbons (Fsp3) is 0.467. The van der Waals surface area contributed by atoms with E-state index in [2.05, 4.69) is 5.32 Å². The zero-order chi connectivity index (χ0) is 15.4. The third kappa shape index (κ3) is 3.72. The van der Waals surface area contributed by atoms with Crippen LogP contribution in [0.3, 0.4) is 0 Å². The van der Waals surface area contributed by atoms with Gasteiger partial charge in [-0.25, -0.2) is 0 Å². The van der Waals surface area contributed by atoms with Crippen molar-refractivity contribution >= 4 is 17.5 Å². The number of para-hydroxylation sites is 1. The number of likely N-dealkylation sites (N-methyl/N-ethyl adjacent to an activating group) is 1. The lowest BCUT2D eigenvalue weighted by Crippen LogP contribution is -2.48. The van der Waals surface area contributed by atoms with Crippen molar-refractivity contribution in [2.75, 3.05) is 45.7 Å². The molecule has 1 aromatic rings. The summed E-state index contributed by atoms with van der Waals surface area (Å²) in [6.45, 7) is 0.956. The Bertz CT molecular complexity index is 531. The lowest BCUT2D eigenvalue weighted by molar-refractivity contribution is -0.146. The van der Waals surface area contributed by atoms with Gasteiger partial charge in [0.05, 0.1) is 11.7 Å². The number of benzene rings is 1. The number of ether oxygens (including phenoxy) is 1. The molecule has 2 amide bonds. The Labute approximate surface area is 124 Å². The zero-order valence-electron chi connectivity index (χ0n) is 12.6. The monoisotopic (exact) mass is 291 g/mol. The molecule has 0 saturated carbocycles. The molecule has 1 atom stereocenters. The van der Waals surface area contributed by atoms with Crippen molar-refractivity contribution in [1.29, 1.82) is 0 Å². The van der Waals surface area contributed by atoms with Gasteiger partial charge in [0, 0.05) is 39.9 Å². The number of carbonyl (C=O) groups is 2. The van der Waals surface area contributed by atoms with Gasteiger partial charge in [-0.3, -0.25) is 9.59 Å². The molecule has 0 aromatic heterocycles. The molecule has 0 spiro atoms. The van der Waals surface area contributed by atoms with Crippen molar-refractivity contribution in [2.45, 2.75) is 6.10 Å². The molecule has 1 fully saturated rings. The molecule has 6 heteroatoms. The summed E-state index contributed by atoms with van der Waals surface area (Å²) in [4.78, 5) is 27.1. The second kappa shape index (κ2) is 6.58. The molecular formula is C15H21N3O3. The molecule has 21 heavy (non-hydrogen) atoms. The molecule has 2 rings (SSSR count). The Hall–Kier alpha value is -2.08. The molecule has 1 aliphatic rings. The number of hydrogen-bond donors (Lipinski definition) is 1. The van der Waals surface area contributed by atoms with Crippen LogP contribution < -0.4 is 10.2 Å². The molecular weight excluding hydrogens is 270 g/mol. The molecule has 1 saturated heterocycles. The SMILES string of the molecule is CN1C[C@@H](CNC(=O)c2ccccc2N(C)C)OCC1=O. The fourth-order valence-electron chi connectivity index (χ4n) is 2.24. The molecule has 1 heterocycles. The van der Waals surface area contributed by atoms with E-state index in [0.29, 0.717) is 18.7 Å². The first kappa shape index (κ1) is 15.3. The molecule has 114 valence electrons. The van der Waals surface area contributed by atoms with Crippen LogP contribution in [0.5, 0.6) is 0 Å². The van der Waals surface area contributed by atoms with Crippen LogP contribution in [-0.4, -0.2) is 63.7 Å². The summed E-state index contributed by atoms with van der Waals surface area (Å²) >= 11 is 0. The largest absolute Gasteiger partial charge is 0.377 e. The smallest absolute Gasteiger partial charge is 0.253 e. The molecule has 0 bridgehead atoms. The van der Waals surface area contributed by atoms with E-state index in [1.165, 1.54) is 0 Å². The maximum atomic E-state index is 12.3. The molecule has 0 unspecified atom stereocenters. The van der Waals surface area contributed by atoms with Crippen LogP contribution in [0.2, 0.25) is 0 Å². The molecule has 1 aliphatic heterocycles. The third-order valence-electron chi connectivity index (χ3n) is 3.47. The first-order valence-electron chi connectivity index (χ1n) is 6.89. The zero-order valence-corrected chi connectivity index (χ0v) is 12.6. The normalized spacial score (nSPS) is 18.5. The van der Waals surface area contributed by atoms with Gasteiger partial charge in [-0.2, -0.15) is 0 Å². The Morgan fingerprint density at radius 1 is 1.43 bits per heavy atom. The number of carbonyl (C=O) groups excluding carboxylic acids is 2. The molecule has 1 aromatic carbocycles. The van der Waals surface area contributed by atoms with Gasteiger partial charge in [-0.15, -0.1) is 0 Å². The topological polar surface area (TPSA) is 61.9 Å². The van der Waals surface area contributed by atoms with Gasteiger partial charge in [0.1, 0.15) is 6.61 Å². The summed E-state index contributed by atoms with van der Waals surface area (Å²) in [7, 11) is 5.54. The van der Waals surface area contributed by atoms with Crippen molar-refractivity contribution in [3.63, 3.8) is 0 Å². The van der Waals surface area contributed by atoms with Crippen molar-refractivity contribution in [3.8, 4) is 0 Å². The Morgan fingerprint density at radius 3 is 2.81 bits per heavy atom. The van der Waals surface area contributed by atoms with E-state index < -0.39 is 0 Å². The summed E-state index contributed by atoms with van der Waals surface area (Å²) in [5.41, 5.74) is 1.49. The van der Waals surface area contributed by atoms with Gasteiger partial charge in [0.2, 0.25) is 5.91 Å². The minimum atomic E-state index is -0.164. The minimum absolute atomic E-state index is 0.0319. The van der Waals surface area contributed by atoms with Gasteiger partial charge >= 0.3 is 0 Å². The number of morpholine rings is 1. The average Bonchev–Trinajstić information content (AvgIpc) is 2.48. The number of anilines is 1. The van der Waals surface area contributed by atoms with E-state index in [0.717, 1.165) is 5.69 Å². The van der Waals surface area contributed by atoms with Crippen LogP contribution >= 0.6 is 0 Å². The van der Waals surface area contributed by atoms with Crippen LogP contribution in [0.15, 0.2) is 24.3 Å². The summed E-state index contributed by atoms with van der Waals surface area (Å²) in [6.07, 6.45) is -0.164. The summed E-state index contributed by atoms with van der Waals surface area (Å²) in [5.74, 6) is -0.169. The van der Waals surface area contributed by atoms with E-state index in [1.807, 2.05) is 37.2 Å². The van der Waals surface area contributed by atoms with Gasteiger partial charge in [0.25, 0.3) is 5.91 Å². The fourth-order valence-corrected chi connectivity index (χ4v) is 2.24. The standard InChI is InChI=1S/C15H21N3O3/c1-17(2)13-7-5-4-6-12(13)15(20)16-8-11-9-18(3)14(19)10-21-11/h4-7,11H,8-10H2,1-3H3,(H,16,20)/t11-/m1/s1. The Kier molecular flexibility index (Phi) is 4.80. The van der Waals surface area contributed by atoms with Crippen LogP contribution in [0.25, 0.3) is 0 Å². The number of rotatable bonds is 4. The number of nitrogens with zero attached hydrogens (tertiary/aromatic N) is 2. The number of hydrogen-bond acceptors (Lipinski definition) is 4. The van der Waals surface area contributed by atoms with Gasteiger partial charge in [-0.1, -0.05) is 12.1 Å². The van der Waals surface area contributed by atoms with E-state index >= 15 is 0 Å². The predicted molar refractivity (Wildman–Crippen MR) is 80.5 cm³/mol. The quantitative estimate of drug-likeness (QED) is 0.869. The van der Waals surface area contributed by atoms with Gasteiger partial charge in [0.15, 0.2) is 0 Å². The number of nitrogens with one attached hydrogen (secondary N) is 1. The Balaban J connectivity index is 1.95. The third-order valence-corrected chi connectivity index (χ3v) is 3.47. The van der Waals surface area contributed by atoms with Crippen molar-refractivity contribution in [2.24, 2.45) is 0 Å². The van der Waals surface area contributed by atoms with Gasteiger partial charge < -0.3 is 19.9 Å². The number of amides is 2. The van der Waals surface area contributed by atoms with Crippen LogP contribution in [0, 0.1) is 0 Å². The first-order chi connectivity index (χ1) is 9.99. The Morgan fingerprint density at radius 2 is 2.14 bits per heavy atom. The highest BCUT2D eigenvalue weighted by Crippen LogP contribution is 2.17. The van der Waals surface area contributed by atoms with Crippen molar-refractivity contribution in [1.82, 2.24) is 10.2 Å². The lowest BCUT2D eigenvalue weighted by atomic mass is 10.1. The predicted octanol–water partition coefficient (Wildman–Crippen LogP) is 0.340. The molecule has 0 aliphatic carbocycles. The molecule has 1 N–H and O–H groups in total. The highest BCUT2D eigenvalue weighted by Gasteiger charge is 2.24. The highest BCUT2D eigenvalue weighted by atomic mass is 16.5. The van der Waals surface area contributed by atoms with Gasteiger partial charge in [-0.05, 0) is 12.1 Å². The van der Waals surface area contributed by atoms with Crippen molar-refractivity contribution in [3.05, 3.63) is 29.8 Å². The summed E-state index contributed by atoms with van der Waals surface area (Å²) in [6, 6.07) is 7.43. The second-order valence-electron chi connectivity index (χ2n) is 5.33. The second-order valence-corrected chi connectivity index (χ2v) is 5.33. The average molecular weight is 291 g/mol. The summed E-state index contributed by atoms with van der Waals surface area (Å²) < 4.78 is 5.41. The minimum Gasteiger partial charge on any atom is -0.377 e. The first-order valence-corrected chi connectivity index (χ1v) is 6.89.